The highest BCUT2D eigenvalue weighted by molar-refractivity contribution is 6.31. The first-order valence-electron chi connectivity index (χ1n) is 8.33. The lowest BCUT2D eigenvalue weighted by Crippen LogP contribution is -2.23. The lowest BCUT2D eigenvalue weighted by atomic mass is 10.2. The molecule has 2 heterocycles. The number of hydrogen-bond donors (Lipinski definition) is 1. The summed E-state index contributed by atoms with van der Waals surface area (Å²) < 4.78 is 20.7. The number of carbonyl (C=O) groups excluding carboxylic acids is 1. The van der Waals surface area contributed by atoms with E-state index in [0.717, 1.165) is 10.9 Å². The molecule has 1 unspecified atom stereocenters. The molecule has 152 valence electrons. The Bertz CT molecular complexity index is 1070. The maximum atomic E-state index is 13.1. The van der Waals surface area contributed by atoms with Crippen LogP contribution in [0.1, 0.15) is 18.5 Å². The van der Waals surface area contributed by atoms with Gasteiger partial charge < -0.3 is 10.1 Å². The van der Waals surface area contributed by atoms with Crippen molar-refractivity contribution < 1.29 is 18.8 Å². The number of nitro groups is 1. The van der Waals surface area contributed by atoms with E-state index >= 15 is 0 Å². The van der Waals surface area contributed by atoms with E-state index < -0.39 is 22.7 Å². The number of carbonyl (C=O) groups is 1. The first kappa shape index (κ1) is 20.3. The Morgan fingerprint density at radius 3 is 2.83 bits per heavy atom. The zero-order valence-electron chi connectivity index (χ0n) is 15.4. The maximum Gasteiger partial charge on any atom is 0.350 e. The van der Waals surface area contributed by atoms with Crippen LogP contribution in [0, 0.1) is 15.9 Å². The first-order valence-corrected chi connectivity index (χ1v) is 8.71. The van der Waals surface area contributed by atoms with Crippen molar-refractivity contribution in [2.45, 2.75) is 19.5 Å². The van der Waals surface area contributed by atoms with Crippen LogP contribution in [-0.2, 0) is 11.3 Å². The van der Waals surface area contributed by atoms with Crippen molar-refractivity contribution in [2.24, 2.45) is 0 Å². The number of anilines is 1. The van der Waals surface area contributed by atoms with E-state index in [0.29, 0.717) is 11.3 Å². The Morgan fingerprint density at radius 2 is 2.21 bits per heavy atom. The van der Waals surface area contributed by atoms with Gasteiger partial charge in [-0.05, 0) is 24.6 Å². The van der Waals surface area contributed by atoms with E-state index in [1.165, 1.54) is 37.0 Å². The predicted molar refractivity (Wildman–Crippen MR) is 102 cm³/mol. The molecule has 0 bridgehead atoms. The molecule has 0 aliphatic rings. The van der Waals surface area contributed by atoms with Crippen molar-refractivity contribution in [3.8, 4) is 5.88 Å². The van der Waals surface area contributed by atoms with Crippen molar-refractivity contribution in [3.63, 3.8) is 0 Å². The van der Waals surface area contributed by atoms with Crippen LogP contribution in [0.3, 0.4) is 0 Å². The molecule has 3 aromatic rings. The van der Waals surface area contributed by atoms with Gasteiger partial charge >= 0.3 is 11.6 Å². The molecule has 12 heteroatoms. The molecule has 10 nitrogen and oxygen atoms in total. The van der Waals surface area contributed by atoms with Crippen LogP contribution < -0.4 is 10.1 Å². The van der Waals surface area contributed by atoms with Gasteiger partial charge in [-0.1, -0.05) is 17.7 Å². The third kappa shape index (κ3) is 4.51. The second kappa shape index (κ2) is 8.27. The monoisotopic (exact) mass is 422 g/mol. The van der Waals surface area contributed by atoms with Gasteiger partial charge in [0.15, 0.2) is 0 Å². The van der Waals surface area contributed by atoms with Crippen LogP contribution in [0.4, 0.5) is 15.8 Å². The molecule has 1 atom stereocenters. The van der Waals surface area contributed by atoms with E-state index in [1.807, 2.05) is 0 Å². The van der Waals surface area contributed by atoms with Gasteiger partial charge in [-0.15, -0.1) is 5.10 Å². The number of methoxy groups -OCH3 is 1. The van der Waals surface area contributed by atoms with E-state index in [-0.39, 0.29) is 23.1 Å². The summed E-state index contributed by atoms with van der Waals surface area (Å²) in [5.41, 5.74) is 0.739. The SMILES string of the molecule is COc1nn(C(C)C(=O)Nc2cnn(Cc3ccc(F)cc3Cl)c2)cc1[N+](=O)[O-]. The molecule has 0 saturated carbocycles. The minimum absolute atomic E-state index is 0.182. The summed E-state index contributed by atoms with van der Waals surface area (Å²) in [6.07, 6.45) is 4.15. The summed E-state index contributed by atoms with van der Waals surface area (Å²) in [6, 6.07) is 3.22. The molecule has 1 aromatic carbocycles. The van der Waals surface area contributed by atoms with E-state index in [9.17, 15) is 19.3 Å². The lowest BCUT2D eigenvalue weighted by molar-refractivity contribution is -0.385. The molecular formula is C17H16ClFN6O4. The molecule has 3 rings (SSSR count). The molecule has 0 aliphatic heterocycles. The number of amides is 1. The average Bonchev–Trinajstić information content (AvgIpc) is 3.30. The van der Waals surface area contributed by atoms with Gasteiger partial charge in [0.1, 0.15) is 18.1 Å². The van der Waals surface area contributed by atoms with Gasteiger partial charge in [-0.25, -0.2) is 9.07 Å². The van der Waals surface area contributed by atoms with Crippen molar-refractivity contribution in [1.82, 2.24) is 19.6 Å². The van der Waals surface area contributed by atoms with Gasteiger partial charge in [-0.2, -0.15) is 5.10 Å². The quantitative estimate of drug-likeness (QED) is 0.462. The third-order valence-corrected chi connectivity index (χ3v) is 4.45. The first-order chi connectivity index (χ1) is 13.8. The van der Waals surface area contributed by atoms with Crippen LogP contribution in [0.5, 0.6) is 5.88 Å². The topological polar surface area (TPSA) is 117 Å². The van der Waals surface area contributed by atoms with E-state index in [4.69, 9.17) is 16.3 Å². The van der Waals surface area contributed by atoms with Crippen LogP contribution in [0.25, 0.3) is 0 Å². The second-order valence-electron chi connectivity index (χ2n) is 6.09. The number of benzene rings is 1. The Kier molecular flexibility index (Phi) is 5.78. The van der Waals surface area contributed by atoms with Crippen molar-refractivity contribution in [2.75, 3.05) is 12.4 Å². The summed E-state index contributed by atoms with van der Waals surface area (Å²) in [4.78, 5) is 22.8. The highest BCUT2D eigenvalue weighted by Crippen LogP contribution is 2.26. The Hall–Kier alpha value is -3.47. The summed E-state index contributed by atoms with van der Waals surface area (Å²) >= 11 is 6.01. The Balaban J connectivity index is 1.69. The Labute approximate surface area is 169 Å². The molecule has 1 amide bonds. The van der Waals surface area contributed by atoms with Crippen molar-refractivity contribution >= 4 is 28.9 Å². The highest BCUT2D eigenvalue weighted by Gasteiger charge is 2.25. The molecule has 0 spiro atoms. The zero-order valence-corrected chi connectivity index (χ0v) is 16.1. The van der Waals surface area contributed by atoms with Crippen LogP contribution in [0.15, 0.2) is 36.8 Å². The molecular weight excluding hydrogens is 407 g/mol. The zero-order chi connectivity index (χ0) is 21.1. The highest BCUT2D eigenvalue weighted by atomic mass is 35.5. The summed E-state index contributed by atoms with van der Waals surface area (Å²) in [5, 5.41) is 22.0. The van der Waals surface area contributed by atoms with E-state index in [2.05, 4.69) is 15.5 Å². The Morgan fingerprint density at radius 1 is 1.45 bits per heavy atom. The van der Waals surface area contributed by atoms with Gasteiger partial charge in [-0.3, -0.25) is 19.6 Å². The minimum atomic E-state index is -0.840. The number of rotatable bonds is 7. The summed E-state index contributed by atoms with van der Waals surface area (Å²) in [6.45, 7) is 1.82. The van der Waals surface area contributed by atoms with Crippen LogP contribution in [0.2, 0.25) is 5.02 Å². The second-order valence-corrected chi connectivity index (χ2v) is 6.50. The normalized spacial score (nSPS) is 11.9. The number of halogens is 2. The number of ether oxygens (including phenoxy) is 1. The third-order valence-electron chi connectivity index (χ3n) is 4.09. The van der Waals surface area contributed by atoms with Crippen LogP contribution in [-0.4, -0.2) is 37.5 Å². The molecule has 1 N–H and O–H groups in total. The summed E-state index contributed by atoms with van der Waals surface area (Å²) in [5.74, 6) is -1.07. The smallest absolute Gasteiger partial charge is 0.350 e. The van der Waals surface area contributed by atoms with Gasteiger partial charge in [0, 0.05) is 11.2 Å². The molecule has 0 saturated heterocycles. The molecule has 0 radical (unpaired) electrons. The lowest BCUT2D eigenvalue weighted by Gasteiger charge is -2.11. The predicted octanol–water partition coefficient (Wildman–Crippen LogP) is 3.04. The van der Waals surface area contributed by atoms with Gasteiger partial charge in [0.2, 0.25) is 5.91 Å². The molecule has 0 aliphatic carbocycles. The summed E-state index contributed by atoms with van der Waals surface area (Å²) in [7, 11) is 1.26. The fourth-order valence-corrected chi connectivity index (χ4v) is 2.77. The standard InChI is InChI=1S/C17H16ClFN6O4/c1-10(24-9-15(25(27)28)17(22-24)29-2)16(26)21-13-6-20-23(8-13)7-11-3-4-12(19)5-14(11)18/h3-6,8-10H,7H2,1-2H3,(H,21,26). The fraction of sp³-hybridized carbons (Fsp3) is 0.235. The van der Waals surface area contributed by atoms with Crippen molar-refractivity contribution in [1.29, 1.82) is 0 Å². The number of aromatic nitrogens is 4. The fourth-order valence-electron chi connectivity index (χ4n) is 2.54. The molecule has 2 aromatic heterocycles. The average molecular weight is 423 g/mol. The number of nitrogens with zero attached hydrogens (tertiary/aromatic N) is 5. The maximum absolute atomic E-state index is 13.1. The van der Waals surface area contributed by atoms with Crippen LogP contribution >= 0.6 is 11.6 Å². The largest absolute Gasteiger partial charge is 0.475 e. The number of nitrogens with one attached hydrogen (secondary N) is 1. The van der Waals surface area contributed by atoms with E-state index in [1.54, 1.807) is 12.3 Å². The number of hydrogen-bond acceptors (Lipinski definition) is 6. The van der Waals surface area contributed by atoms with Gasteiger partial charge in [0.25, 0.3) is 0 Å². The minimum Gasteiger partial charge on any atom is -0.475 e. The molecule has 0 fully saturated rings. The molecule has 29 heavy (non-hydrogen) atoms. The van der Waals surface area contributed by atoms with Gasteiger partial charge in [0.05, 0.1) is 30.5 Å². The van der Waals surface area contributed by atoms with Crippen molar-refractivity contribution in [3.05, 3.63) is 63.3 Å².